The van der Waals surface area contributed by atoms with Crippen LogP contribution >= 0.6 is 0 Å². The van der Waals surface area contributed by atoms with Crippen LogP contribution in [0.25, 0.3) is 0 Å². The predicted octanol–water partition coefficient (Wildman–Crippen LogP) is 4.64. The molecule has 0 aliphatic rings. The van der Waals surface area contributed by atoms with Gasteiger partial charge in [0.05, 0.1) is 0 Å². The van der Waals surface area contributed by atoms with Gasteiger partial charge in [0.15, 0.2) is 0 Å². The van der Waals surface area contributed by atoms with Gasteiger partial charge in [-0.2, -0.15) is 0 Å². The molecule has 0 heterocycles. The van der Waals surface area contributed by atoms with Gasteiger partial charge in [0, 0.05) is 5.57 Å². The van der Waals surface area contributed by atoms with Crippen LogP contribution in [0, 0.1) is 11.5 Å². The van der Waals surface area contributed by atoms with Crippen molar-refractivity contribution < 1.29 is 4.74 Å². The fourth-order valence-corrected chi connectivity index (χ4v) is 1.60. The first kappa shape index (κ1) is 15.2. The number of rotatable bonds is 6. The minimum Gasteiger partial charge on any atom is -0.388 e. The molecule has 0 aromatic heterocycles. The third kappa shape index (κ3) is 5.21. The normalized spacial score (nSPS) is 13.9. The Labute approximate surface area is 105 Å². The highest BCUT2D eigenvalue weighted by Gasteiger charge is 2.09. The second-order valence-electron chi connectivity index (χ2n) is 3.46. The number of hydrogen-bond donors (Lipinski definition) is 0. The van der Waals surface area contributed by atoms with E-state index in [9.17, 15) is 0 Å². The van der Waals surface area contributed by atoms with Crippen molar-refractivity contribution in [2.24, 2.45) is 0 Å². The van der Waals surface area contributed by atoms with Gasteiger partial charge < -0.3 is 4.74 Å². The fraction of sp³-hybridized carbons (Fsp3) is 0.400. The van der Waals surface area contributed by atoms with E-state index in [-0.39, 0.29) is 0 Å². The summed E-state index contributed by atoms with van der Waals surface area (Å²) >= 11 is 0. The van der Waals surface area contributed by atoms with E-state index >= 15 is 0 Å². The van der Waals surface area contributed by atoms with E-state index in [1.807, 2.05) is 39.0 Å². The van der Waals surface area contributed by atoms with Gasteiger partial charge in [-0.25, -0.2) is 0 Å². The van der Waals surface area contributed by atoms with E-state index < -0.39 is 0 Å². The van der Waals surface area contributed by atoms with Crippen LogP contribution in [-0.4, -0.2) is 0 Å². The molecule has 0 unspecified atom stereocenters. The van der Waals surface area contributed by atoms with Crippen molar-refractivity contribution in [3.8, 4) is 6.26 Å². The predicted molar refractivity (Wildman–Crippen MR) is 72.0 cm³/mol. The largest absolute Gasteiger partial charge is 0.388 e. The molecular weight excluding hydrogens is 210 g/mol. The second-order valence-corrected chi connectivity index (χ2v) is 3.46. The Kier molecular flexibility index (Phi) is 8.50. The lowest BCUT2D eigenvalue weighted by Gasteiger charge is -2.11. The molecule has 0 saturated carbocycles. The molecule has 2 nitrogen and oxygen atoms in total. The van der Waals surface area contributed by atoms with Crippen LogP contribution in [0.15, 0.2) is 47.3 Å². The summed E-state index contributed by atoms with van der Waals surface area (Å²) in [6.07, 6.45) is 13.6. The zero-order chi connectivity index (χ0) is 13.1. The van der Waals surface area contributed by atoms with Crippen LogP contribution in [-0.2, 0) is 4.74 Å². The minimum atomic E-state index is 0.624. The first-order valence-corrected chi connectivity index (χ1v) is 5.94. The van der Waals surface area contributed by atoms with Crippen molar-refractivity contribution >= 4 is 0 Å². The molecular formula is C15H21NO. The summed E-state index contributed by atoms with van der Waals surface area (Å²) in [5.41, 5.74) is 2.19. The Bertz CT molecular complexity index is 378. The maximum Gasteiger partial charge on any atom is 0.292 e. The van der Waals surface area contributed by atoms with Gasteiger partial charge >= 0.3 is 0 Å². The van der Waals surface area contributed by atoms with Crippen molar-refractivity contribution in [3.63, 3.8) is 0 Å². The van der Waals surface area contributed by atoms with E-state index in [2.05, 4.69) is 19.1 Å². The summed E-state index contributed by atoms with van der Waals surface area (Å²) in [5.74, 6) is 0.624. The number of ether oxygens (including phenoxy) is 1. The third-order valence-corrected chi connectivity index (χ3v) is 2.34. The molecule has 0 N–H and O–H groups in total. The second kappa shape index (κ2) is 9.47. The Morgan fingerprint density at radius 3 is 2.35 bits per heavy atom. The van der Waals surface area contributed by atoms with Crippen LogP contribution < -0.4 is 0 Å². The quantitative estimate of drug-likeness (QED) is 0.289. The molecule has 0 bridgehead atoms. The molecule has 0 aromatic carbocycles. The van der Waals surface area contributed by atoms with Gasteiger partial charge in [0.2, 0.25) is 0 Å². The highest BCUT2D eigenvalue weighted by atomic mass is 16.5. The van der Waals surface area contributed by atoms with E-state index in [0.717, 1.165) is 18.4 Å². The number of nitriles is 1. The Hall–Kier alpha value is -1.75. The summed E-state index contributed by atoms with van der Waals surface area (Å²) in [5, 5.41) is 8.63. The van der Waals surface area contributed by atoms with Gasteiger partial charge in [-0.05, 0) is 45.3 Å². The molecule has 0 rings (SSSR count). The Morgan fingerprint density at radius 2 is 1.94 bits per heavy atom. The van der Waals surface area contributed by atoms with Gasteiger partial charge in [0.25, 0.3) is 6.26 Å². The van der Waals surface area contributed by atoms with Gasteiger partial charge in [0.1, 0.15) is 5.76 Å². The standard InChI is InChI=1S/C15H21NO/c1-5-9-11-13(10-6-2)14(7-3)15(8-4)17-12-16/h5,7-10H,6,11H2,1-4H3/b9-5-,13-10-,14-7+,15-8+. The number of hydrogen-bond acceptors (Lipinski definition) is 2. The van der Waals surface area contributed by atoms with E-state index in [4.69, 9.17) is 10.00 Å². The average Bonchev–Trinajstić information content (AvgIpc) is 2.35. The van der Waals surface area contributed by atoms with Crippen LogP contribution in [0.2, 0.25) is 0 Å². The summed E-state index contributed by atoms with van der Waals surface area (Å²) in [4.78, 5) is 0. The zero-order valence-electron chi connectivity index (χ0n) is 11.2. The molecule has 0 aliphatic carbocycles. The van der Waals surface area contributed by atoms with Crippen LogP contribution in [0.3, 0.4) is 0 Å². The molecule has 17 heavy (non-hydrogen) atoms. The van der Waals surface area contributed by atoms with E-state index in [0.29, 0.717) is 5.76 Å². The van der Waals surface area contributed by atoms with Gasteiger partial charge in [-0.1, -0.05) is 31.2 Å². The van der Waals surface area contributed by atoms with Crippen molar-refractivity contribution in [1.82, 2.24) is 0 Å². The van der Waals surface area contributed by atoms with Crippen LogP contribution in [0.4, 0.5) is 0 Å². The fourth-order valence-electron chi connectivity index (χ4n) is 1.60. The van der Waals surface area contributed by atoms with Crippen LogP contribution in [0.1, 0.15) is 40.5 Å². The third-order valence-electron chi connectivity index (χ3n) is 2.34. The maximum atomic E-state index is 8.63. The smallest absolute Gasteiger partial charge is 0.292 e. The molecule has 92 valence electrons. The summed E-state index contributed by atoms with van der Waals surface area (Å²) in [7, 11) is 0. The van der Waals surface area contributed by atoms with Crippen LogP contribution in [0.5, 0.6) is 0 Å². The summed E-state index contributed by atoms with van der Waals surface area (Å²) in [6.45, 7) is 7.93. The molecule has 0 fully saturated rings. The molecule has 2 heteroatoms. The summed E-state index contributed by atoms with van der Waals surface area (Å²) in [6, 6.07) is 0. The Morgan fingerprint density at radius 1 is 1.24 bits per heavy atom. The molecule has 0 saturated heterocycles. The molecule has 0 aromatic rings. The monoisotopic (exact) mass is 231 g/mol. The summed E-state index contributed by atoms with van der Waals surface area (Å²) < 4.78 is 4.98. The lowest BCUT2D eigenvalue weighted by atomic mass is 9.99. The first-order valence-electron chi connectivity index (χ1n) is 5.94. The molecule has 0 amide bonds. The molecule has 0 radical (unpaired) electrons. The number of allylic oxidation sites excluding steroid dienone is 6. The average molecular weight is 231 g/mol. The van der Waals surface area contributed by atoms with E-state index in [1.54, 1.807) is 6.26 Å². The Balaban J connectivity index is 5.19. The molecule has 0 aliphatic heterocycles. The van der Waals surface area contributed by atoms with Crippen molar-refractivity contribution in [2.45, 2.75) is 40.5 Å². The SMILES string of the molecule is C/C=C\CC(=C/CC)/C(=C\C)C(=C\C)/OC#N. The minimum absolute atomic E-state index is 0.624. The lowest BCUT2D eigenvalue weighted by molar-refractivity contribution is 0.385. The number of nitrogens with zero attached hydrogens (tertiary/aromatic N) is 1. The van der Waals surface area contributed by atoms with Gasteiger partial charge in [-0.3, -0.25) is 0 Å². The highest BCUT2D eigenvalue weighted by molar-refractivity contribution is 5.44. The van der Waals surface area contributed by atoms with Gasteiger partial charge in [-0.15, -0.1) is 5.26 Å². The zero-order valence-corrected chi connectivity index (χ0v) is 11.2. The van der Waals surface area contributed by atoms with Crippen molar-refractivity contribution in [2.75, 3.05) is 0 Å². The highest BCUT2D eigenvalue weighted by Crippen LogP contribution is 2.24. The maximum absolute atomic E-state index is 8.63. The lowest BCUT2D eigenvalue weighted by Crippen LogP contribution is -1.96. The molecule has 0 spiro atoms. The van der Waals surface area contributed by atoms with E-state index in [1.165, 1.54) is 5.57 Å². The van der Waals surface area contributed by atoms with Crippen molar-refractivity contribution in [1.29, 1.82) is 5.26 Å². The first-order chi connectivity index (χ1) is 8.24. The van der Waals surface area contributed by atoms with Crippen molar-refractivity contribution in [3.05, 3.63) is 47.3 Å². The topological polar surface area (TPSA) is 33.0 Å². The molecule has 0 atom stereocenters.